The number of hydrogen-bond donors (Lipinski definition) is 2. The van der Waals surface area contributed by atoms with Crippen LogP contribution in [0.4, 0.5) is 0 Å². The highest BCUT2D eigenvalue weighted by molar-refractivity contribution is 7.71. The number of aromatic nitrogens is 2. The molecular formula is C9H5N3OS. The minimum atomic E-state index is -0.341. The van der Waals surface area contributed by atoms with E-state index in [1.165, 1.54) is 0 Å². The molecule has 0 radical (unpaired) electrons. The molecule has 4 nitrogen and oxygen atoms in total. The summed E-state index contributed by atoms with van der Waals surface area (Å²) < 4.78 is 0.348. The Morgan fingerprint density at radius 1 is 1.36 bits per heavy atom. The van der Waals surface area contributed by atoms with Crippen molar-refractivity contribution in [1.82, 2.24) is 9.97 Å². The Hall–Kier alpha value is -1.93. The van der Waals surface area contributed by atoms with Crippen LogP contribution in [0.1, 0.15) is 5.56 Å². The zero-order valence-electron chi connectivity index (χ0n) is 7.00. The second-order valence-corrected chi connectivity index (χ2v) is 3.19. The molecule has 0 saturated carbocycles. The van der Waals surface area contributed by atoms with Crippen molar-refractivity contribution in [2.45, 2.75) is 0 Å². The largest absolute Gasteiger partial charge is 0.324 e. The normalized spacial score (nSPS) is 9.93. The Labute approximate surface area is 83.8 Å². The van der Waals surface area contributed by atoms with Gasteiger partial charge in [-0.15, -0.1) is 0 Å². The number of rotatable bonds is 0. The SMILES string of the molecule is N#Cc1ccc2[nH]c(=O)[nH]c(=S)c2c1. The Morgan fingerprint density at radius 3 is 2.86 bits per heavy atom. The topological polar surface area (TPSA) is 72.4 Å². The molecule has 0 bridgehead atoms. The van der Waals surface area contributed by atoms with E-state index < -0.39 is 0 Å². The molecule has 0 amide bonds. The van der Waals surface area contributed by atoms with Crippen LogP contribution in [0.5, 0.6) is 0 Å². The van der Waals surface area contributed by atoms with Crippen LogP contribution in [0.15, 0.2) is 23.0 Å². The van der Waals surface area contributed by atoms with Gasteiger partial charge in [0, 0.05) is 5.39 Å². The van der Waals surface area contributed by atoms with Gasteiger partial charge in [-0.2, -0.15) is 5.26 Å². The summed E-state index contributed by atoms with van der Waals surface area (Å²) in [6.07, 6.45) is 0. The molecule has 2 N–H and O–H groups in total. The van der Waals surface area contributed by atoms with E-state index in [1.54, 1.807) is 18.2 Å². The maximum atomic E-state index is 11.0. The van der Waals surface area contributed by atoms with Crippen LogP contribution in [0.2, 0.25) is 0 Å². The van der Waals surface area contributed by atoms with Crippen LogP contribution >= 0.6 is 12.2 Å². The molecule has 0 aliphatic carbocycles. The summed E-state index contributed by atoms with van der Waals surface area (Å²) in [5.41, 5.74) is 0.814. The molecule has 1 aromatic carbocycles. The molecule has 0 unspecified atom stereocenters. The molecule has 0 fully saturated rings. The van der Waals surface area contributed by atoms with E-state index in [2.05, 4.69) is 9.97 Å². The fourth-order valence-corrected chi connectivity index (χ4v) is 1.50. The first-order valence-electron chi connectivity index (χ1n) is 3.87. The fraction of sp³-hybridized carbons (Fsp3) is 0. The number of nitrogens with one attached hydrogen (secondary N) is 2. The summed E-state index contributed by atoms with van der Waals surface area (Å²) in [6.45, 7) is 0. The van der Waals surface area contributed by atoms with E-state index in [9.17, 15) is 4.79 Å². The number of benzene rings is 1. The highest BCUT2D eigenvalue weighted by Gasteiger charge is 1.98. The van der Waals surface area contributed by atoms with E-state index in [0.717, 1.165) is 0 Å². The van der Waals surface area contributed by atoms with E-state index in [1.807, 2.05) is 6.07 Å². The lowest BCUT2D eigenvalue weighted by Crippen LogP contribution is -2.09. The zero-order chi connectivity index (χ0) is 10.1. The van der Waals surface area contributed by atoms with E-state index in [-0.39, 0.29) is 5.69 Å². The van der Waals surface area contributed by atoms with Crippen molar-refractivity contribution in [1.29, 1.82) is 5.26 Å². The van der Waals surface area contributed by atoms with Gasteiger partial charge >= 0.3 is 5.69 Å². The molecule has 1 heterocycles. The molecule has 0 spiro atoms. The molecule has 0 atom stereocenters. The Kier molecular flexibility index (Phi) is 1.91. The van der Waals surface area contributed by atoms with E-state index >= 15 is 0 Å². The molecular weight excluding hydrogens is 198 g/mol. The van der Waals surface area contributed by atoms with E-state index in [4.69, 9.17) is 17.5 Å². The van der Waals surface area contributed by atoms with E-state index in [0.29, 0.717) is 21.1 Å². The minimum absolute atomic E-state index is 0.341. The van der Waals surface area contributed by atoms with Gasteiger partial charge in [-0.1, -0.05) is 12.2 Å². The highest BCUT2D eigenvalue weighted by atomic mass is 32.1. The summed E-state index contributed by atoms with van der Waals surface area (Å²) in [5, 5.41) is 9.36. The van der Waals surface area contributed by atoms with Gasteiger partial charge in [-0.25, -0.2) is 4.79 Å². The molecule has 0 aliphatic rings. The lowest BCUT2D eigenvalue weighted by Gasteiger charge is -1.96. The molecule has 0 saturated heterocycles. The van der Waals surface area contributed by atoms with Crippen LogP contribution in [-0.2, 0) is 0 Å². The van der Waals surface area contributed by atoms with Gasteiger partial charge in [0.05, 0.1) is 17.1 Å². The van der Waals surface area contributed by atoms with Gasteiger partial charge in [-0.05, 0) is 18.2 Å². The molecule has 0 aliphatic heterocycles. The van der Waals surface area contributed by atoms with Crippen molar-refractivity contribution >= 4 is 23.1 Å². The quantitative estimate of drug-likeness (QED) is 0.636. The molecule has 14 heavy (non-hydrogen) atoms. The first-order chi connectivity index (χ1) is 6.70. The fourth-order valence-electron chi connectivity index (χ4n) is 1.23. The third-order valence-electron chi connectivity index (χ3n) is 1.87. The Bertz CT molecular complexity index is 647. The van der Waals surface area contributed by atoms with Crippen LogP contribution in [-0.4, -0.2) is 9.97 Å². The number of aromatic amines is 2. The van der Waals surface area contributed by atoms with Crippen LogP contribution in [0, 0.1) is 16.0 Å². The van der Waals surface area contributed by atoms with Gasteiger partial charge in [-0.3, -0.25) is 4.98 Å². The number of fused-ring (bicyclic) bond motifs is 1. The van der Waals surface area contributed by atoms with Crippen LogP contribution in [0.25, 0.3) is 10.9 Å². The molecule has 5 heteroatoms. The average molecular weight is 203 g/mol. The number of nitrogens with zero attached hydrogens (tertiary/aromatic N) is 1. The highest BCUT2D eigenvalue weighted by Crippen LogP contribution is 2.11. The zero-order valence-corrected chi connectivity index (χ0v) is 7.81. The van der Waals surface area contributed by atoms with Gasteiger partial charge < -0.3 is 4.98 Å². The monoisotopic (exact) mass is 203 g/mol. The summed E-state index contributed by atoms with van der Waals surface area (Å²) in [7, 11) is 0. The van der Waals surface area contributed by atoms with Crippen molar-refractivity contribution in [3.05, 3.63) is 38.9 Å². The maximum Gasteiger partial charge on any atom is 0.324 e. The first kappa shape index (κ1) is 8.66. The summed E-state index contributed by atoms with van der Waals surface area (Å²) in [6, 6.07) is 6.95. The molecule has 68 valence electrons. The molecule has 1 aromatic heterocycles. The van der Waals surface area contributed by atoms with Gasteiger partial charge in [0.2, 0.25) is 0 Å². The Morgan fingerprint density at radius 2 is 2.14 bits per heavy atom. The third kappa shape index (κ3) is 1.32. The second kappa shape index (κ2) is 3.09. The average Bonchev–Trinajstić information content (AvgIpc) is 2.17. The summed E-state index contributed by atoms with van der Waals surface area (Å²) in [4.78, 5) is 16.1. The maximum absolute atomic E-state index is 11.0. The van der Waals surface area contributed by atoms with Crippen LogP contribution in [0.3, 0.4) is 0 Å². The number of hydrogen-bond acceptors (Lipinski definition) is 3. The standard InChI is InChI=1S/C9H5N3OS/c10-4-5-1-2-7-6(3-5)8(14)12-9(13)11-7/h1-3H,(H2,11,12,13,14). The third-order valence-corrected chi connectivity index (χ3v) is 2.19. The van der Waals surface area contributed by atoms with Crippen molar-refractivity contribution in [2.24, 2.45) is 0 Å². The van der Waals surface area contributed by atoms with Crippen molar-refractivity contribution in [3.63, 3.8) is 0 Å². The van der Waals surface area contributed by atoms with Gasteiger partial charge in [0.1, 0.15) is 4.64 Å². The second-order valence-electron chi connectivity index (χ2n) is 2.78. The predicted molar refractivity (Wildman–Crippen MR) is 54.5 cm³/mol. The smallest absolute Gasteiger partial charge is 0.307 e. The van der Waals surface area contributed by atoms with Crippen molar-refractivity contribution < 1.29 is 0 Å². The van der Waals surface area contributed by atoms with Gasteiger partial charge in [0.25, 0.3) is 0 Å². The first-order valence-corrected chi connectivity index (χ1v) is 4.28. The van der Waals surface area contributed by atoms with Gasteiger partial charge in [0.15, 0.2) is 0 Å². The predicted octanol–water partition coefficient (Wildman–Crippen LogP) is 1.46. The number of nitriles is 1. The lowest BCUT2D eigenvalue weighted by molar-refractivity contribution is 1.11. The summed E-state index contributed by atoms with van der Waals surface area (Å²) in [5.74, 6) is 0. The summed E-state index contributed by atoms with van der Waals surface area (Å²) >= 11 is 4.96. The molecule has 2 rings (SSSR count). The minimum Gasteiger partial charge on any atom is -0.307 e. The van der Waals surface area contributed by atoms with Crippen LogP contribution < -0.4 is 5.69 Å². The Balaban J connectivity index is 2.98. The molecule has 2 aromatic rings. The van der Waals surface area contributed by atoms with Crippen molar-refractivity contribution in [3.8, 4) is 6.07 Å². The number of H-pyrrole nitrogens is 2. The van der Waals surface area contributed by atoms with Crippen molar-refractivity contribution in [2.75, 3.05) is 0 Å². The lowest BCUT2D eigenvalue weighted by atomic mass is 10.2.